The Balaban J connectivity index is 1.57. The Labute approximate surface area is 277 Å². The number of esters is 1. The Morgan fingerprint density at radius 1 is 1.17 bits per heavy atom. The monoisotopic (exact) mass is 676 g/mol. The van der Waals surface area contributed by atoms with E-state index < -0.39 is 53.2 Å². The SMILES string of the molecule is CCC[C@@H](NC(=O)[C@@H]1C[C@H](Oc2ccc(Cl)cn2)CN1C(=O)[C@@H](Nc1nc(CC(=O)OC)cs1)C(C)(C)C)C(=O)C(=O)NC1CC1. The van der Waals surface area contributed by atoms with Crippen molar-refractivity contribution in [3.8, 4) is 5.88 Å². The average molecular weight is 677 g/mol. The molecule has 3 N–H and O–H groups in total. The number of hydrogen-bond donors (Lipinski definition) is 3. The minimum absolute atomic E-state index is 0.00651. The smallest absolute Gasteiger partial charge is 0.311 e. The molecule has 3 amide bonds. The summed E-state index contributed by atoms with van der Waals surface area (Å²) in [6.07, 6.45) is 3.42. The Kier molecular flexibility index (Phi) is 11.6. The van der Waals surface area contributed by atoms with Crippen molar-refractivity contribution < 1.29 is 33.4 Å². The van der Waals surface area contributed by atoms with Gasteiger partial charge in [-0.1, -0.05) is 45.7 Å². The van der Waals surface area contributed by atoms with Gasteiger partial charge in [0.25, 0.3) is 5.91 Å². The van der Waals surface area contributed by atoms with E-state index in [0.717, 1.165) is 12.8 Å². The minimum Gasteiger partial charge on any atom is -0.472 e. The third-order valence-corrected chi connectivity index (χ3v) is 8.71. The fourth-order valence-corrected chi connectivity index (χ4v) is 5.91. The first-order valence-corrected chi connectivity index (χ1v) is 16.6. The van der Waals surface area contributed by atoms with Crippen molar-refractivity contribution in [3.63, 3.8) is 0 Å². The highest BCUT2D eigenvalue weighted by atomic mass is 35.5. The van der Waals surface area contributed by atoms with E-state index in [1.165, 1.54) is 29.5 Å². The molecule has 3 heterocycles. The maximum Gasteiger partial charge on any atom is 0.311 e. The van der Waals surface area contributed by atoms with E-state index in [1.807, 2.05) is 27.7 Å². The number of likely N-dealkylation sites (tertiary alicyclic amines) is 1. The van der Waals surface area contributed by atoms with E-state index in [1.54, 1.807) is 17.5 Å². The second kappa shape index (κ2) is 15.2. The van der Waals surface area contributed by atoms with Crippen molar-refractivity contribution in [2.24, 2.45) is 5.41 Å². The molecule has 1 aliphatic carbocycles. The molecular formula is C31H41ClN6O7S. The fraction of sp³-hybridized carbons (Fsp3) is 0.581. The number of carbonyl (C=O) groups excluding carboxylic acids is 5. The lowest BCUT2D eigenvalue weighted by Crippen LogP contribution is -2.56. The number of rotatable bonds is 14. The summed E-state index contributed by atoms with van der Waals surface area (Å²) < 4.78 is 10.8. The lowest BCUT2D eigenvalue weighted by Gasteiger charge is -2.35. The summed E-state index contributed by atoms with van der Waals surface area (Å²) in [7, 11) is 1.30. The molecule has 0 unspecified atom stereocenters. The van der Waals surface area contributed by atoms with Crippen molar-refractivity contribution in [1.82, 2.24) is 25.5 Å². The van der Waals surface area contributed by atoms with Gasteiger partial charge in [-0.2, -0.15) is 0 Å². The molecule has 2 aromatic rings. The molecule has 2 aromatic heterocycles. The molecule has 2 aliphatic rings. The fourth-order valence-electron chi connectivity index (χ4n) is 5.06. The number of hydrogen-bond acceptors (Lipinski definition) is 11. The van der Waals surface area contributed by atoms with Crippen molar-refractivity contribution in [3.05, 3.63) is 34.4 Å². The lowest BCUT2D eigenvalue weighted by atomic mass is 9.85. The number of methoxy groups -OCH3 is 1. The van der Waals surface area contributed by atoms with Crippen LogP contribution in [0.3, 0.4) is 0 Å². The summed E-state index contributed by atoms with van der Waals surface area (Å²) in [6.45, 7) is 7.58. The van der Waals surface area contributed by atoms with Crippen LogP contribution in [0.4, 0.5) is 5.13 Å². The van der Waals surface area contributed by atoms with Gasteiger partial charge >= 0.3 is 5.97 Å². The number of ether oxygens (including phenoxy) is 2. The number of halogens is 1. The van der Waals surface area contributed by atoms with Gasteiger partial charge in [0.1, 0.15) is 18.2 Å². The maximum atomic E-state index is 14.3. The highest BCUT2D eigenvalue weighted by molar-refractivity contribution is 7.13. The Hall–Kier alpha value is -3.78. The van der Waals surface area contributed by atoms with Crippen LogP contribution >= 0.6 is 22.9 Å². The molecule has 0 bridgehead atoms. The van der Waals surface area contributed by atoms with E-state index in [2.05, 4.69) is 25.9 Å². The quantitative estimate of drug-likeness (QED) is 0.200. The van der Waals surface area contributed by atoms with Crippen LogP contribution in [0.2, 0.25) is 5.02 Å². The van der Waals surface area contributed by atoms with Crippen molar-refractivity contribution in [2.75, 3.05) is 19.0 Å². The first kappa shape index (κ1) is 35.1. The number of nitrogens with one attached hydrogen (secondary N) is 3. The summed E-state index contributed by atoms with van der Waals surface area (Å²) in [6, 6.07) is 0.358. The van der Waals surface area contributed by atoms with E-state index >= 15 is 0 Å². The largest absolute Gasteiger partial charge is 0.472 e. The van der Waals surface area contributed by atoms with Gasteiger partial charge < -0.3 is 30.3 Å². The highest BCUT2D eigenvalue weighted by Crippen LogP contribution is 2.31. The third kappa shape index (κ3) is 9.38. The highest BCUT2D eigenvalue weighted by Gasteiger charge is 2.46. The van der Waals surface area contributed by atoms with Crippen LogP contribution in [0.5, 0.6) is 5.88 Å². The molecule has 0 aromatic carbocycles. The van der Waals surface area contributed by atoms with E-state index in [0.29, 0.717) is 22.3 Å². The molecular weight excluding hydrogens is 636 g/mol. The Bertz CT molecular complexity index is 1430. The van der Waals surface area contributed by atoms with Crippen molar-refractivity contribution >= 4 is 57.5 Å². The predicted octanol–water partition coefficient (Wildman–Crippen LogP) is 2.91. The molecule has 1 saturated heterocycles. The minimum atomic E-state index is -1.04. The van der Waals surface area contributed by atoms with E-state index in [-0.39, 0.29) is 43.6 Å². The summed E-state index contributed by atoms with van der Waals surface area (Å²) in [5.41, 5.74) is -0.135. The van der Waals surface area contributed by atoms with Crippen LogP contribution in [0.15, 0.2) is 23.7 Å². The molecule has 2 fully saturated rings. The van der Waals surface area contributed by atoms with E-state index in [4.69, 9.17) is 21.1 Å². The number of anilines is 1. The lowest BCUT2D eigenvalue weighted by molar-refractivity contribution is -0.143. The van der Waals surface area contributed by atoms with Gasteiger partial charge in [-0.05, 0) is 30.7 Å². The first-order chi connectivity index (χ1) is 21.8. The van der Waals surface area contributed by atoms with Gasteiger partial charge in [0.2, 0.25) is 23.5 Å². The van der Waals surface area contributed by atoms with Crippen LogP contribution in [-0.2, 0) is 35.1 Å². The van der Waals surface area contributed by atoms with Crippen LogP contribution in [0.25, 0.3) is 0 Å². The molecule has 250 valence electrons. The van der Waals surface area contributed by atoms with Crippen LogP contribution < -0.4 is 20.7 Å². The number of ketones is 1. The molecule has 4 atom stereocenters. The van der Waals surface area contributed by atoms with Crippen LogP contribution in [0, 0.1) is 5.41 Å². The zero-order valence-corrected chi connectivity index (χ0v) is 28.2. The topological polar surface area (TPSA) is 169 Å². The predicted molar refractivity (Wildman–Crippen MR) is 171 cm³/mol. The second-order valence-corrected chi connectivity index (χ2v) is 13.9. The van der Waals surface area contributed by atoms with Crippen molar-refractivity contribution in [2.45, 2.75) is 96.5 Å². The second-order valence-electron chi connectivity index (χ2n) is 12.6. The number of pyridine rings is 1. The normalized spacial score (nSPS) is 19.1. The average Bonchev–Trinajstić information content (AvgIpc) is 3.54. The van der Waals surface area contributed by atoms with Gasteiger partial charge in [0.15, 0.2) is 5.13 Å². The number of thiazole rings is 1. The van der Waals surface area contributed by atoms with Gasteiger partial charge in [0.05, 0.1) is 36.8 Å². The van der Waals surface area contributed by atoms with Gasteiger partial charge in [-0.25, -0.2) is 9.97 Å². The van der Waals surface area contributed by atoms with Crippen LogP contribution in [-0.4, -0.2) is 88.3 Å². The molecule has 1 aliphatic heterocycles. The van der Waals surface area contributed by atoms with Gasteiger partial charge in [-0.15, -0.1) is 11.3 Å². The zero-order chi connectivity index (χ0) is 33.6. The molecule has 15 heteroatoms. The molecule has 0 radical (unpaired) electrons. The third-order valence-electron chi connectivity index (χ3n) is 7.67. The van der Waals surface area contributed by atoms with Crippen molar-refractivity contribution in [1.29, 1.82) is 0 Å². The first-order valence-electron chi connectivity index (χ1n) is 15.3. The summed E-state index contributed by atoms with van der Waals surface area (Å²) in [5.74, 6) is -2.52. The molecule has 0 spiro atoms. The maximum absolute atomic E-state index is 14.3. The van der Waals surface area contributed by atoms with Gasteiger partial charge in [-0.3, -0.25) is 24.0 Å². The number of Topliss-reactive ketones (excluding diaryl/α,β-unsaturated/α-hetero) is 1. The van der Waals surface area contributed by atoms with Gasteiger partial charge in [0, 0.05) is 30.1 Å². The summed E-state index contributed by atoms with van der Waals surface area (Å²) >= 11 is 7.22. The van der Waals surface area contributed by atoms with Crippen LogP contribution in [0.1, 0.15) is 65.5 Å². The summed E-state index contributed by atoms with van der Waals surface area (Å²) in [5, 5.41) is 11.2. The Morgan fingerprint density at radius 3 is 2.52 bits per heavy atom. The number of carbonyl (C=O) groups is 5. The number of nitrogens with zero attached hydrogens (tertiary/aromatic N) is 3. The summed E-state index contributed by atoms with van der Waals surface area (Å²) in [4.78, 5) is 75.6. The molecule has 13 nitrogen and oxygen atoms in total. The standard InChI is InChI=1S/C31H41ClN6O7S/c1-6-7-21(25(40)28(42)34-18-9-10-18)36-27(41)22-13-20(45-23-11-8-17(32)14-33-23)15-38(22)29(43)26(31(2,3)4)37-30-35-19(16-46-30)12-24(39)44-5/h8,11,14,16,18,20-22,26H,6-7,9-10,12-13,15H2,1-5H3,(H,34,42)(H,35,37)(H,36,41)/t20-,21+,22-,26+/m0/s1. The van der Waals surface area contributed by atoms with E-state index in [9.17, 15) is 24.0 Å². The number of amides is 3. The zero-order valence-electron chi connectivity index (χ0n) is 26.6. The molecule has 1 saturated carbocycles. The molecule has 4 rings (SSSR count). The number of aromatic nitrogens is 2. The molecule has 46 heavy (non-hydrogen) atoms. The Morgan fingerprint density at radius 2 is 1.91 bits per heavy atom.